The number of ether oxygens (including phenoxy) is 1. The van der Waals surface area contributed by atoms with Gasteiger partial charge in [-0.2, -0.15) is 0 Å². The van der Waals surface area contributed by atoms with Crippen molar-refractivity contribution in [3.05, 3.63) is 78.0 Å². The summed E-state index contributed by atoms with van der Waals surface area (Å²) < 4.78 is 3.86. The third-order valence-electron chi connectivity index (χ3n) is 12.1. The summed E-state index contributed by atoms with van der Waals surface area (Å²) in [5.74, 6) is 2.58. The minimum atomic E-state index is -0.405. The number of likely N-dealkylation sites (tertiary alicyclic amines) is 1. The number of unbranched alkanes of at least 4 members (excludes halogenated alkanes) is 1. The van der Waals surface area contributed by atoms with Gasteiger partial charge in [-0.25, -0.2) is 19.9 Å². The van der Waals surface area contributed by atoms with E-state index in [2.05, 4.69) is 104 Å². The van der Waals surface area contributed by atoms with E-state index < -0.39 is 6.04 Å². The molecule has 4 aliphatic rings. The molecule has 4 fully saturated rings. The molecule has 59 heavy (non-hydrogen) atoms. The summed E-state index contributed by atoms with van der Waals surface area (Å²) in [6, 6.07) is 10.5. The molecule has 5 N–H and O–H groups in total. The Balaban J connectivity index is 0.000000879. The van der Waals surface area contributed by atoms with Crippen LogP contribution in [0.2, 0.25) is 0 Å². The fourth-order valence-corrected chi connectivity index (χ4v) is 8.83. The second kappa shape index (κ2) is 21.8. The summed E-state index contributed by atoms with van der Waals surface area (Å²) in [5.41, 5.74) is 5.25. The van der Waals surface area contributed by atoms with Gasteiger partial charge in [-0.05, 0) is 99.8 Å². The van der Waals surface area contributed by atoms with E-state index in [0.29, 0.717) is 25.5 Å². The molecule has 1 aliphatic heterocycles. The number of benzene rings is 1. The fraction of sp³-hybridized carbons (Fsp3) is 0.578. The number of aromatic amines is 2. The Hall–Kier alpha value is -5.11. The van der Waals surface area contributed by atoms with Gasteiger partial charge >= 0.3 is 0 Å². The Morgan fingerprint density at radius 2 is 1.61 bits per heavy atom. The topological polar surface area (TPSA) is 183 Å². The Kier molecular flexibility index (Phi) is 16.6. The van der Waals surface area contributed by atoms with E-state index in [-0.39, 0.29) is 34.6 Å². The molecule has 2 unspecified atom stereocenters. The summed E-state index contributed by atoms with van der Waals surface area (Å²) in [6.07, 6.45) is 20.2. The predicted molar refractivity (Wildman–Crippen MR) is 231 cm³/mol. The number of anilines is 1. The quantitative estimate of drug-likeness (QED) is 0.0597. The Morgan fingerprint density at radius 1 is 0.949 bits per heavy atom. The average molecular weight is 811 g/mol. The minimum absolute atomic E-state index is 0.0322. The van der Waals surface area contributed by atoms with Crippen molar-refractivity contribution in [2.24, 2.45) is 5.92 Å². The lowest BCUT2D eigenvalue weighted by Gasteiger charge is -2.53. The number of nitrogens with one attached hydrogen (secondary N) is 5. The van der Waals surface area contributed by atoms with Crippen LogP contribution in [0.4, 0.5) is 5.95 Å². The van der Waals surface area contributed by atoms with Crippen LogP contribution in [0.25, 0.3) is 11.3 Å². The van der Waals surface area contributed by atoms with Crippen LogP contribution in [-0.4, -0.2) is 92.9 Å². The molecule has 0 radical (unpaired) electrons. The molecule has 2 atom stereocenters. The van der Waals surface area contributed by atoms with Crippen molar-refractivity contribution in [1.29, 1.82) is 0 Å². The summed E-state index contributed by atoms with van der Waals surface area (Å²) in [6.45, 7) is 10.5. The summed E-state index contributed by atoms with van der Waals surface area (Å²) in [4.78, 5) is 61.9. The van der Waals surface area contributed by atoms with E-state index >= 15 is 0 Å². The first kappa shape index (κ1) is 45.0. The maximum Gasteiger partial charge on any atom is 0.292 e. The van der Waals surface area contributed by atoms with Gasteiger partial charge in [0, 0.05) is 49.2 Å². The maximum atomic E-state index is 13.9. The molecule has 2 bridgehead atoms. The molecule has 2 amide bonds. The standard InChI is InChI=1S/C40H54N10O2.C3H8.C2H4O2/c1-27(2)35(49-38-43-21-7-22-44-38)37(52)50-23-6-8-31(50)36-46-25-32(48-36)40-17-14-39(15-18-40,16-19-40)29-12-10-28(11-13-29)30-24-45-33(47-30)9-4-5-20-42-34(51)26-41-3;1-3-2;1-4-2-3/h7,10-13,21-22,24-25,27,31,35,41H,4-6,8-9,14-20,23,26H2,1-3H3,(H,42,51)(H,45,47)(H,46,48)(H,43,44,49);3H2,1-2H3;2H,1H3. The molecule has 14 nitrogen and oxygen atoms in total. The zero-order valence-electron chi connectivity index (χ0n) is 36.0. The van der Waals surface area contributed by atoms with Crippen LogP contribution < -0.4 is 16.0 Å². The molecule has 14 heteroatoms. The molecule has 3 aliphatic carbocycles. The van der Waals surface area contributed by atoms with Gasteiger partial charge in [-0.1, -0.05) is 58.4 Å². The number of carbonyl (C=O) groups is 3. The van der Waals surface area contributed by atoms with Gasteiger partial charge in [0.1, 0.15) is 17.7 Å². The van der Waals surface area contributed by atoms with Gasteiger partial charge in [0.05, 0.1) is 31.6 Å². The number of carbonyl (C=O) groups excluding carboxylic acids is 3. The van der Waals surface area contributed by atoms with Gasteiger partial charge in [0.25, 0.3) is 6.47 Å². The largest absolute Gasteiger partial charge is 0.471 e. The lowest BCUT2D eigenvalue weighted by atomic mass is 9.51. The Labute approximate surface area is 349 Å². The van der Waals surface area contributed by atoms with E-state index in [1.165, 1.54) is 44.1 Å². The van der Waals surface area contributed by atoms with Crippen molar-refractivity contribution in [3.8, 4) is 11.3 Å². The molecular formula is C45H66N10O4. The van der Waals surface area contributed by atoms with E-state index in [1.807, 2.05) is 11.1 Å². The van der Waals surface area contributed by atoms with E-state index in [9.17, 15) is 9.59 Å². The average Bonchev–Trinajstić information content (AvgIpc) is 4.06. The number of fused-ring (bicyclic) bond motifs is 3. The zero-order valence-corrected chi connectivity index (χ0v) is 36.0. The highest BCUT2D eigenvalue weighted by Crippen LogP contribution is 2.58. The van der Waals surface area contributed by atoms with Gasteiger partial charge < -0.3 is 35.6 Å². The minimum Gasteiger partial charge on any atom is -0.471 e. The third kappa shape index (κ3) is 11.3. The molecule has 320 valence electrons. The molecule has 1 aromatic carbocycles. The fourth-order valence-electron chi connectivity index (χ4n) is 8.83. The second-order valence-electron chi connectivity index (χ2n) is 16.6. The number of aryl methyl sites for hydroxylation is 1. The van der Waals surface area contributed by atoms with E-state index in [1.54, 1.807) is 25.5 Å². The predicted octanol–water partition coefficient (Wildman–Crippen LogP) is 6.80. The first-order valence-electron chi connectivity index (χ1n) is 21.5. The van der Waals surface area contributed by atoms with Crippen LogP contribution in [-0.2, 0) is 36.4 Å². The number of nitrogens with zero attached hydrogens (tertiary/aromatic N) is 5. The van der Waals surface area contributed by atoms with Gasteiger partial charge in [0.15, 0.2) is 0 Å². The molecule has 8 rings (SSSR count). The molecule has 0 spiro atoms. The van der Waals surface area contributed by atoms with Crippen molar-refractivity contribution >= 4 is 24.2 Å². The number of methoxy groups -OCH3 is 1. The van der Waals surface area contributed by atoms with E-state index in [0.717, 1.165) is 80.8 Å². The van der Waals surface area contributed by atoms with Crippen LogP contribution in [0.15, 0.2) is 55.1 Å². The summed E-state index contributed by atoms with van der Waals surface area (Å²) >= 11 is 0. The first-order chi connectivity index (χ1) is 28.6. The summed E-state index contributed by atoms with van der Waals surface area (Å²) in [7, 11) is 3.09. The molecule has 3 saturated carbocycles. The molecule has 1 saturated heterocycles. The van der Waals surface area contributed by atoms with Gasteiger partial charge in [-0.3, -0.25) is 14.4 Å². The van der Waals surface area contributed by atoms with Gasteiger partial charge in [-0.15, -0.1) is 0 Å². The Morgan fingerprint density at radius 3 is 2.24 bits per heavy atom. The van der Waals surface area contributed by atoms with Crippen molar-refractivity contribution in [3.63, 3.8) is 0 Å². The number of aromatic nitrogens is 6. The third-order valence-corrected chi connectivity index (χ3v) is 12.1. The van der Waals surface area contributed by atoms with E-state index in [4.69, 9.17) is 9.78 Å². The number of hydrogen-bond acceptors (Lipinski definition) is 10. The number of amides is 2. The smallest absolute Gasteiger partial charge is 0.292 e. The first-order valence-corrected chi connectivity index (χ1v) is 21.5. The van der Waals surface area contributed by atoms with Crippen molar-refractivity contribution in [2.75, 3.05) is 39.1 Å². The van der Waals surface area contributed by atoms with Gasteiger partial charge in [0.2, 0.25) is 17.8 Å². The van der Waals surface area contributed by atoms with Crippen LogP contribution in [0.1, 0.15) is 127 Å². The van der Waals surface area contributed by atoms with Crippen molar-refractivity contribution < 1.29 is 19.1 Å². The highest BCUT2D eigenvalue weighted by Gasteiger charge is 2.51. The summed E-state index contributed by atoms with van der Waals surface area (Å²) in [5, 5.41) is 9.09. The van der Waals surface area contributed by atoms with Crippen LogP contribution in [0.3, 0.4) is 0 Å². The Bertz CT molecular complexity index is 1870. The second-order valence-corrected chi connectivity index (χ2v) is 16.6. The molecule has 3 aromatic heterocycles. The maximum absolute atomic E-state index is 13.9. The number of imidazole rings is 2. The van der Waals surface area contributed by atoms with Crippen LogP contribution in [0, 0.1) is 5.92 Å². The molecule has 4 aromatic rings. The zero-order chi connectivity index (χ0) is 42.3. The highest BCUT2D eigenvalue weighted by atomic mass is 16.5. The molecule has 4 heterocycles. The number of rotatable bonds is 16. The normalized spacial score (nSPS) is 21.1. The van der Waals surface area contributed by atoms with Crippen molar-refractivity contribution in [2.45, 2.75) is 128 Å². The molecular weight excluding hydrogens is 745 g/mol. The van der Waals surface area contributed by atoms with Crippen LogP contribution >= 0.6 is 0 Å². The monoisotopic (exact) mass is 811 g/mol. The lowest BCUT2D eigenvalue weighted by molar-refractivity contribution is -0.134. The van der Waals surface area contributed by atoms with Crippen LogP contribution in [0.5, 0.6) is 0 Å². The van der Waals surface area contributed by atoms with Crippen molar-refractivity contribution in [1.82, 2.24) is 45.4 Å². The number of hydrogen-bond donors (Lipinski definition) is 5. The number of H-pyrrole nitrogens is 2. The highest BCUT2D eigenvalue weighted by molar-refractivity contribution is 5.85. The number of likely N-dealkylation sites (N-methyl/N-ethyl adjacent to an activating group) is 1. The SMILES string of the molecule is CCC.CNCC(=O)NCCCCc1ncc(-c2ccc(C34CCC(c5cnc(C6CCCN6C(=O)C(Nc6ncccn6)C(C)C)[nH]5)(CC3)CC4)cc2)[nH]1.COC=O. The lowest BCUT2D eigenvalue weighted by Crippen LogP contribution is -2.47.